The Morgan fingerprint density at radius 1 is 1.50 bits per heavy atom. The minimum Gasteiger partial charge on any atom is -0.299 e. The summed E-state index contributed by atoms with van der Waals surface area (Å²) in [6.45, 7) is 1.83. The van der Waals surface area contributed by atoms with Crippen molar-refractivity contribution in [3.8, 4) is 0 Å². The third kappa shape index (κ3) is 0.744. The van der Waals surface area contributed by atoms with Gasteiger partial charge in [0.1, 0.15) is 0 Å². The van der Waals surface area contributed by atoms with Gasteiger partial charge in [-0.1, -0.05) is 0 Å². The average Bonchev–Trinajstić information content (AvgIpc) is 2.48. The van der Waals surface area contributed by atoms with Crippen LogP contribution in [0, 0.1) is 6.92 Å². The summed E-state index contributed by atoms with van der Waals surface area (Å²) in [5.74, 6) is 0. The molecule has 0 radical (unpaired) electrons. The quantitative estimate of drug-likeness (QED) is 0.509. The second-order valence-electron chi connectivity index (χ2n) is 2.58. The van der Waals surface area contributed by atoms with Gasteiger partial charge in [0, 0.05) is 18.8 Å². The SMILES string of the molecule is Cc1cc2nnnn2c(=O)n1C. The summed E-state index contributed by atoms with van der Waals surface area (Å²) in [4.78, 5) is 11.4. The van der Waals surface area contributed by atoms with E-state index in [1.807, 2.05) is 6.92 Å². The van der Waals surface area contributed by atoms with E-state index in [9.17, 15) is 4.79 Å². The van der Waals surface area contributed by atoms with E-state index in [-0.39, 0.29) is 5.69 Å². The van der Waals surface area contributed by atoms with E-state index < -0.39 is 0 Å². The summed E-state index contributed by atoms with van der Waals surface area (Å²) >= 11 is 0. The summed E-state index contributed by atoms with van der Waals surface area (Å²) in [5, 5.41) is 10.6. The number of hydrogen-bond donors (Lipinski definition) is 0. The Balaban J connectivity index is 3.05. The van der Waals surface area contributed by atoms with Gasteiger partial charge in [-0.3, -0.25) is 4.57 Å². The molecule has 0 spiro atoms. The lowest BCUT2D eigenvalue weighted by atomic mass is 10.4. The molecule has 2 heterocycles. The fourth-order valence-electron chi connectivity index (χ4n) is 0.997. The van der Waals surface area contributed by atoms with Crippen molar-refractivity contribution in [3.05, 3.63) is 22.2 Å². The first-order chi connectivity index (χ1) is 5.70. The molecule has 62 valence electrons. The summed E-state index contributed by atoms with van der Waals surface area (Å²) in [6.07, 6.45) is 0. The second-order valence-corrected chi connectivity index (χ2v) is 2.58. The third-order valence-electron chi connectivity index (χ3n) is 1.83. The highest BCUT2D eigenvalue weighted by atomic mass is 16.2. The van der Waals surface area contributed by atoms with Crippen LogP contribution in [0.3, 0.4) is 0 Å². The fraction of sp³-hybridized carbons (Fsp3) is 0.333. The van der Waals surface area contributed by atoms with Gasteiger partial charge in [0.15, 0.2) is 5.65 Å². The lowest BCUT2D eigenvalue weighted by Gasteiger charge is -2.00. The van der Waals surface area contributed by atoms with Crippen LogP contribution in [0.1, 0.15) is 5.69 Å². The first kappa shape index (κ1) is 6.96. The predicted octanol–water partition coefficient (Wildman–Crippen LogP) is -0.869. The molecule has 2 aromatic rings. The molecule has 0 bridgehead atoms. The number of hydrogen-bond acceptors (Lipinski definition) is 4. The average molecular weight is 165 g/mol. The van der Waals surface area contributed by atoms with E-state index in [1.165, 1.54) is 4.57 Å². The Bertz CT molecular complexity index is 482. The van der Waals surface area contributed by atoms with Gasteiger partial charge in [0.2, 0.25) is 0 Å². The number of aryl methyl sites for hydroxylation is 1. The molecule has 12 heavy (non-hydrogen) atoms. The van der Waals surface area contributed by atoms with Crippen molar-refractivity contribution >= 4 is 5.65 Å². The van der Waals surface area contributed by atoms with Crippen LogP contribution in [-0.2, 0) is 7.05 Å². The molecule has 0 aliphatic heterocycles. The Morgan fingerprint density at radius 2 is 2.25 bits per heavy atom. The maximum Gasteiger partial charge on any atom is 0.352 e. The highest BCUT2D eigenvalue weighted by Gasteiger charge is 2.04. The molecular weight excluding hydrogens is 158 g/mol. The van der Waals surface area contributed by atoms with E-state index in [0.29, 0.717) is 5.65 Å². The van der Waals surface area contributed by atoms with E-state index in [1.54, 1.807) is 13.1 Å². The predicted molar refractivity (Wildman–Crippen MR) is 40.8 cm³/mol. The van der Waals surface area contributed by atoms with Crippen LogP contribution < -0.4 is 5.69 Å². The molecular formula is C6H7N5O. The normalized spacial score (nSPS) is 10.8. The number of rotatable bonds is 0. The van der Waals surface area contributed by atoms with Crippen molar-refractivity contribution in [2.75, 3.05) is 0 Å². The molecule has 0 amide bonds. The van der Waals surface area contributed by atoms with Gasteiger partial charge in [0.05, 0.1) is 0 Å². The standard InChI is InChI=1S/C6H7N5O/c1-4-3-5-7-8-9-11(5)6(12)10(4)2/h3H,1-2H3. The van der Waals surface area contributed by atoms with Gasteiger partial charge >= 0.3 is 5.69 Å². The lowest BCUT2D eigenvalue weighted by Crippen LogP contribution is -2.26. The number of aromatic nitrogens is 5. The van der Waals surface area contributed by atoms with Gasteiger partial charge in [-0.25, -0.2) is 4.79 Å². The molecule has 0 N–H and O–H groups in total. The van der Waals surface area contributed by atoms with Crippen LogP contribution in [0.4, 0.5) is 0 Å². The van der Waals surface area contributed by atoms with Gasteiger partial charge in [0.25, 0.3) is 0 Å². The number of tetrazole rings is 1. The molecule has 0 aliphatic rings. The zero-order chi connectivity index (χ0) is 8.72. The van der Waals surface area contributed by atoms with Gasteiger partial charge < -0.3 is 0 Å². The molecule has 2 aromatic heterocycles. The van der Waals surface area contributed by atoms with Crippen LogP contribution >= 0.6 is 0 Å². The van der Waals surface area contributed by atoms with E-state index >= 15 is 0 Å². The largest absolute Gasteiger partial charge is 0.352 e. The summed E-state index contributed by atoms with van der Waals surface area (Å²) in [5.41, 5.74) is 1.09. The smallest absolute Gasteiger partial charge is 0.299 e. The van der Waals surface area contributed by atoms with Crippen molar-refractivity contribution in [2.45, 2.75) is 6.92 Å². The first-order valence-corrected chi connectivity index (χ1v) is 3.45. The molecule has 6 heteroatoms. The maximum absolute atomic E-state index is 11.4. The van der Waals surface area contributed by atoms with Crippen LogP contribution in [0.5, 0.6) is 0 Å². The second kappa shape index (κ2) is 2.13. The summed E-state index contributed by atoms with van der Waals surface area (Å²) in [6, 6.07) is 1.75. The Morgan fingerprint density at radius 3 is 3.00 bits per heavy atom. The van der Waals surface area contributed by atoms with E-state index in [4.69, 9.17) is 0 Å². The minimum absolute atomic E-state index is 0.227. The molecule has 2 rings (SSSR count). The Kier molecular flexibility index (Phi) is 1.24. The molecule has 0 unspecified atom stereocenters. The highest BCUT2D eigenvalue weighted by Crippen LogP contribution is 1.95. The topological polar surface area (TPSA) is 65.1 Å². The van der Waals surface area contributed by atoms with E-state index in [0.717, 1.165) is 10.2 Å². The summed E-state index contributed by atoms with van der Waals surface area (Å²) < 4.78 is 2.65. The van der Waals surface area contributed by atoms with Gasteiger partial charge in [-0.15, -0.1) is 9.61 Å². The molecule has 0 aromatic carbocycles. The van der Waals surface area contributed by atoms with Crippen LogP contribution in [-0.4, -0.2) is 24.6 Å². The molecule has 6 nitrogen and oxygen atoms in total. The zero-order valence-electron chi connectivity index (χ0n) is 6.72. The van der Waals surface area contributed by atoms with Crippen molar-refractivity contribution in [3.63, 3.8) is 0 Å². The first-order valence-electron chi connectivity index (χ1n) is 3.45. The van der Waals surface area contributed by atoms with Gasteiger partial charge in [-0.2, -0.15) is 0 Å². The Hall–Kier alpha value is -1.72. The van der Waals surface area contributed by atoms with Crippen LogP contribution in [0.25, 0.3) is 5.65 Å². The molecule has 0 fully saturated rings. The van der Waals surface area contributed by atoms with Crippen LogP contribution in [0.2, 0.25) is 0 Å². The highest BCUT2D eigenvalue weighted by molar-refractivity contribution is 5.35. The molecule has 0 atom stereocenters. The minimum atomic E-state index is -0.227. The zero-order valence-corrected chi connectivity index (χ0v) is 6.72. The fourth-order valence-corrected chi connectivity index (χ4v) is 0.997. The maximum atomic E-state index is 11.4. The van der Waals surface area contributed by atoms with Crippen molar-refractivity contribution in [2.24, 2.45) is 7.05 Å². The molecule has 0 saturated heterocycles. The monoisotopic (exact) mass is 165 g/mol. The van der Waals surface area contributed by atoms with E-state index in [2.05, 4.69) is 15.5 Å². The number of fused-ring (bicyclic) bond motifs is 1. The number of nitrogens with zero attached hydrogens (tertiary/aromatic N) is 5. The molecule has 0 saturated carbocycles. The van der Waals surface area contributed by atoms with Crippen molar-refractivity contribution in [1.29, 1.82) is 0 Å². The van der Waals surface area contributed by atoms with Crippen LogP contribution in [0.15, 0.2) is 10.9 Å². The van der Waals surface area contributed by atoms with Crippen molar-refractivity contribution < 1.29 is 0 Å². The Labute approximate surface area is 67.4 Å². The van der Waals surface area contributed by atoms with Crippen molar-refractivity contribution in [1.82, 2.24) is 24.6 Å². The third-order valence-corrected chi connectivity index (χ3v) is 1.83. The van der Waals surface area contributed by atoms with Gasteiger partial charge in [-0.05, 0) is 17.4 Å². The summed E-state index contributed by atoms with van der Waals surface area (Å²) in [7, 11) is 1.68. The molecule has 0 aliphatic carbocycles. The lowest BCUT2D eigenvalue weighted by molar-refractivity contribution is 0.697.